The number of hydrogen-bond acceptors (Lipinski definition) is 3. The molecule has 0 N–H and O–H groups in total. The second-order valence-corrected chi connectivity index (χ2v) is 10.7. The molecule has 0 radical (unpaired) electrons. The van der Waals surface area contributed by atoms with Crippen molar-refractivity contribution in [2.75, 3.05) is 19.8 Å². The third-order valence-corrected chi connectivity index (χ3v) is 7.77. The van der Waals surface area contributed by atoms with Gasteiger partial charge in [0.1, 0.15) is 17.3 Å². The Morgan fingerprint density at radius 3 is 1.66 bits per heavy atom. The quantitative estimate of drug-likeness (QED) is 0.141. The van der Waals surface area contributed by atoms with Crippen LogP contribution in [0, 0.1) is 31.4 Å². The first-order valence-corrected chi connectivity index (χ1v) is 14.8. The zero-order chi connectivity index (χ0) is 31.9. The molecule has 0 fully saturated rings. The highest BCUT2D eigenvalue weighted by atomic mass is 19.4. The van der Waals surface area contributed by atoms with Gasteiger partial charge in [-0.1, -0.05) is 55.8 Å². The number of halogens is 5. The van der Waals surface area contributed by atoms with Crippen LogP contribution in [0.15, 0.2) is 72.8 Å². The first-order valence-electron chi connectivity index (χ1n) is 14.8. The lowest BCUT2D eigenvalue weighted by Gasteiger charge is -2.17. The van der Waals surface area contributed by atoms with Crippen molar-refractivity contribution in [1.82, 2.24) is 0 Å². The van der Waals surface area contributed by atoms with Crippen molar-refractivity contribution in [3.8, 4) is 39.5 Å². The van der Waals surface area contributed by atoms with E-state index in [2.05, 4.69) is 6.92 Å². The summed E-state index contributed by atoms with van der Waals surface area (Å²) in [6, 6.07) is 19.9. The highest BCUT2D eigenvalue weighted by Crippen LogP contribution is 2.40. The van der Waals surface area contributed by atoms with Gasteiger partial charge in [0, 0.05) is 0 Å². The SMILES string of the molecule is CCOc1ccc(-c2ccc(OCCC(CC)CCOc3ccc(-c4ccc(C)c(F)c4C(F)(F)F)cc3)cc2)c(C)c1F. The van der Waals surface area contributed by atoms with Crippen LogP contribution in [-0.4, -0.2) is 19.8 Å². The smallest absolute Gasteiger partial charge is 0.419 e. The number of hydrogen-bond donors (Lipinski definition) is 0. The monoisotopic (exact) mass is 612 g/mol. The van der Waals surface area contributed by atoms with Crippen LogP contribution in [0.4, 0.5) is 22.0 Å². The molecule has 3 nitrogen and oxygen atoms in total. The summed E-state index contributed by atoms with van der Waals surface area (Å²) < 4.78 is 86.8. The second kappa shape index (κ2) is 14.6. The lowest BCUT2D eigenvalue weighted by Crippen LogP contribution is -2.11. The van der Waals surface area contributed by atoms with Gasteiger partial charge in [-0.25, -0.2) is 8.78 Å². The van der Waals surface area contributed by atoms with Gasteiger partial charge in [0.2, 0.25) is 0 Å². The molecule has 1 unspecified atom stereocenters. The number of rotatable bonds is 13. The van der Waals surface area contributed by atoms with Crippen molar-refractivity contribution in [2.24, 2.45) is 5.92 Å². The Kier molecular flexibility index (Phi) is 10.9. The van der Waals surface area contributed by atoms with Crippen molar-refractivity contribution < 1.29 is 36.2 Å². The van der Waals surface area contributed by atoms with E-state index in [4.69, 9.17) is 14.2 Å². The summed E-state index contributed by atoms with van der Waals surface area (Å²) in [6.07, 6.45) is -2.26. The van der Waals surface area contributed by atoms with Crippen LogP contribution < -0.4 is 14.2 Å². The van der Waals surface area contributed by atoms with Crippen LogP contribution in [0.5, 0.6) is 17.2 Å². The molecule has 0 spiro atoms. The molecule has 0 saturated carbocycles. The molecule has 0 aliphatic rings. The van der Waals surface area contributed by atoms with Gasteiger partial charge in [0.05, 0.1) is 25.4 Å². The van der Waals surface area contributed by atoms with E-state index in [0.29, 0.717) is 37.1 Å². The Hall–Kier alpha value is -4.07. The van der Waals surface area contributed by atoms with Crippen LogP contribution in [-0.2, 0) is 6.18 Å². The molecular weight excluding hydrogens is 575 g/mol. The summed E-state index contributed by atoms with van der Waals surface area (Å²) in [5, 5.41) is 0. The van der Waals surface area contributed by atoms with Crippen LogP contribution >= 0.6 is 0 Å². The van der Waals surface area contributed by atoms with E-state index in [1.165, 1.54) is 31.2 Å². The molecule has 0 aromatic heterocycles. The minimum absolute atomic E-state index is 0.0530. The largest absolute Gasteiger partial charge is 0.494 e. The van der Waals surface area contributed by atoms with Crippen LogP contribution in [0.3, 0.4) is 0 Å². The molecular formula is C36H37F5O3. The van der Waals surface area contributed by atoms with Crippen molar-refractivity contribution in [2.45, 2.75) is 53.1 Å². The molecule has 4 rings (SSSR count). The molecule has 234 valence electrons. The molecule has 0 amide bonds. The zero-order valence-corrected chi connectivity index (χ0v) is 25.4. The van der Waals surface area contributed by atoms with Gasteiger partial charge in [0.15, 0.2) is 11.6 Å². The van der Waals surface area contributed by atoms with E-state index in [9.17, 15) is 22.0 Å². The topological polar surface area (TPSA) is 27.7 Å². The fourth-order valence-corrected chi connectivity index (χ4v) is 5.14. The molecule has 1 atom stereocenters. The maximum absolute atomic E-state index is 14.6. The van der Waals surface area contributed by atoms with E-state index in [-0.39, 0.29) is 28.3 Å². The lowest BCUT2D eigenvalue weighted by atomic mass is 9.96. The highest BCUT2D eigenvalue weighted by molar-refractivity contribution is 5.70. The minimum Gasteiger partial charge on any atom is -0.494 e. The third kappa shape index (κ3) is 7.90. The molecule has 0 aliphatic carbocycles. The Balaban J connectivity index is 1.27. The summed E-state index contributed by atoms with van der Waals surface area (Å²) >= 11 is 0. The molecule has 0 bridgehead atoms. The maximum atomic E-state index is 14.6. The minimum atomic E-state index is -4.81. The van der Waals surface area contributed by atoms with E-state index in [1.54, 1.807) is 25.1 Å². The lowest BCUT2D eigenvalue weighted by molar-refractivity contribution is -0.139. The summed E-state index contributed by atoms with van der Waals surface area (Å²) in [4.78, 5) is 0. The fourth-order valence-electron chi connectivity index (χ4n) is 5.14. The third-order valence-electron chi connectivity index (χ3n) is 7.77. The average Bonchev–Trinajstić information content (AvgIpc) is 3.00. The first kappa shape index (κ1) is 32.8. The van der Waals surface area contributed by atoms with E-state index in [1.807, 2.05) is 37.3 Å². The molecule has 8 heteroatoms. The molecule has 0 aliphatic heterocycles. The zero-order valence-electron chi connectivity index (χ0n) is 25.4. The fraction of sp³-hybridized carbons (Fsp3) is 0.333. The Morgan fingerprint density at radius 2 is 1.16 bits per heavy atom. The predicted octanol–water partition coefficient (Wildman–Crippen LogP) is 10.6. The van der Waals surface area contributed by atoms with Crippen LogP contribution in [0.2, 0.25) is 0 Å². The van der Waals surface area contributed by atoms with Crippen molar-refractivity contribution in [3.63, 3.8) is 0 Å². The van der Waals surface area contributed by atoms with Gasteiger partial charge in [0.25, 0.3) is 0 Å². The van der Waals surface area contributed by atoms with Gasteiger partial charge >= 0.3 is 6.18 Å². The molecule has 0 heterocycles. The van der Waals surface area contributed by atoms with E-state index in [0.717, 1.165) is 36.1 Å². The molecule has 44 heavy (non-hydrogen) atoms. The van der Waals surface area contributed by atoms with Gasteiger partial charge in [-0.15, -0.1) is 0 Å². The Labute approximate surface area is 255 Å². The summed E-state index contributed by atoms with van der Waals surface area (Å²) in [6.45, 7) is 8.34. The number of ether oxygens (including phenoxy) is 3. The van der Waals surface area contributed by atoms with E-state index < -0.39 is 17.6 Å². The summed E-state index contributed by atoms with van der Waals surface area (Å²) in [5.41, 5.74) is 0.977. The van der Waals surface area contributed by atoms with Gasteiger partial charge in [-0.05, 0) is 103 Å². The normalized spacial score (nSPS) is 12.2. The highest BCUT2D eigenvalue weighted by Gasteiger charge is 2.37. The summed E-state index contributed by atoms with van der Waals surface area (Å²) in [7, 11) is 0. The van der Waals surface area contributed by atoms with Gasteiger partial charge in [-0.3, -0.25) is 0 Å². The van der Waals surface area contributed by atoms with Crippen LogP contribution in [0.25, 0.3) is 22.3 Å². The van der Waals surface area contributed by atoms with Gasteiger partial charge in [-0.2, -0.15) is 13.2 Å². The molecule has 4 aromatic rings. The molecule has 4 aromatic carbocycles. The molecule has 0 saturated heterocycles. The number of benzene rings is 4. The maximum Gasteiger partial charge on any atom is 0.419 e. The number of alkyl halides is 3. The standard InChI is InChI=1S/C36H37F5O3/c1-5-25(19-21-43-28-12-8-26(9-13-28)30-17-18-32(42-6-2)35(38)24(30)4)20-22-44-29-14-10-27(11-15-29)31-16-7-23(3)34(37)33(31)36(39,40)41/h7-18,25H,5-6,19-22H2,1-4H3. The van der Waals surface area contributed by atoms with E-state index >= 15 is 0 Å². The second-order valence-electron chi connectivity index (χ2n) is 10.7. The average molecular weight is 613 g/mol. The van der Waals surface area contributed by atoms with Gasteiger partial charge < -0.3 is 14.2 Å². The summed E-state index contributed by atoms with van der Waals surface area (Å²) in [5.74, 6) is 0.261. The predicted molar refractivity (Wildman–Crippen MR) is 163 cm³/mol. The Morgan fingerprint density at radius 1 is 0.636 bits per heavy atom. The van der Waals surface area contributed by atoms with Crippen molar-refractivity contribution in [1.29, 1.82) is 0 Å². The van der Waals surface area contributed by atoms with Crippen LogP contribution in [0.1, 0.15) is 49.8 Å². The first-order chi connectivity index (χ1) is 21.0. The Bertz CT molecular complexity index is 1530. The van der Waals surface area contributed by atoms with Crippen molar-refractivity contribution in [3.05, 3.63) is 101 Å². The van der Waals surface area contributed by atoms with Crippen molar-refractivity contribution >= 4 is 0 Å². The number of aryl methyl sites for hydroxylation is 1.